The van der Waals surface area contributed by atoms with E-state index in [2.05, 4.69) is 19.6 Å². The highest BCUT2D eigenvalue weighted by molar-refractivity contribution is 7.71. The number of H-pyrrole nitrogens is 2. The minimum absolute atomic E-state index is 0.162. The van der Waals surface area contributed by atoms with Gasteiger partial charge in [-0.3, -0.25) is 14.7 Å². The summed E-state index contributed by atoms with van der Waals surface area (Å²) in [4.78, 5) is 19.5. The van der Waals surface area contributed by atoms with Crippen LogP contribution in [0.4, 0.5) is 8.78 Å². The Hall–Kier alpha value is -2.06. The van der Waals surface area contributed by atoms with Crippen molar-refractivity contribution in [2.75, 3.05) is 6.54 Å². The van der Waals surface area contributed by atoms with Crippen molar-refractivity contribution in [1.29, 1.82) is 0 Å². The van der Waals surface area contributed by atoms with Crippen LogP contribution in [-0.2, 0) is 19.5 Å². The summed E-state index contributed by atoms with van der Waals surface area (Å²) in [5, 5.41) is 0. The number of nitrogens with one attached hydrogen (secondary N) is 2. The number of benzene rings is 1. The zero-order chi connectivity index (χ0) is 16.4. The number of fused-ring (bicyclic) bond motifs is 1. The standard InChI is InChI=1S/C15H15F2N3O2S/c16-14(17)22-12-4-2-1-3-9(12)7-20-6-5-10-11(8-20)18-15(23)19-13(10)21/h1-4,14H,5-8H2,(H2,18,19,21,23). The Labute approximate surface area is 135 Å². The van der Waals surface area contributed by atoms with E-state index in [-0.39, 0.29) is 16.1 Å². The molecule has 5 nitrogen and oxygen atoms in total. The van der Waals surface area contributed by atoms with Crippen LogP contribution in [0.1, 0.15) is 16.8 Å². The average Bonchev–Trinajstić information content (AvgIpc) is 2.48. The third-order valence-corrected chi connectivity index (χ3v) is 3.98. The number of hydrogen-bond donors (Lipinski definition) is 2. The number of alkyl halides is 2. The van der Waals surface area contributed by atoms with Crippen LogP contribution in [0.3, 0.4) is 0 Å². The van der Waals surface area contributed by atoms with Crippen LogP contribution in [0.2, 0.25) is 0 Å². The molecule has 1 aliphatic heterocycles. The van der Waals surface area contributed by atoms with Crippen LogP contribution in [0.5, 0.6) is 5.75 Å². The van der Waals surface area contributed by atoms with Gasteiger partial charge in [0.2, 0.25) is 0 Å². The topological polar surface area (TPSA) is 61.1 Å². The fourth-order valence-electron chi connectivity index (χ4n) is 2.75. The van der Waals surface area contributed by atoms with Gasteiger partial charge in [-0.2, -0.15) is 8.78 Å². The second kappa shape index (κ2) is 6.59. The lowest BCUT2D eigenvalue weighted by Gasteiger charge is -2.28. The lowest BCUT2D eigenvalue weighted by molar-refractivity contribution is -0.0508. The molecule has 0 bridgehead atoms. The maximum Gasteiger partial charge on any atom is 0.387 e. The van der Waals surface area contributed by atoms with Gasteiger partial charge >= 0.3 is 6.61 Å². The van der Waals surface area contributed by atoms with Crippen molar-refractivity contribution in [3.8, 4) is 5.75 Å². The molecule has 1 aliphatic rings. The van der Waals surface area contributed by atoms with Crippen LogP contribution in [0, 0.1) is 4.77 Å². The van der Waals surface area contributed by atoms with Crippen LogP contribution in [0.25, 0.3) is 0 Å². The molecule has 0 fully saturated rings. The molecule has 1 aromatic carbocycles. The molecule has 0 radical (unpaired) electrons. The monoisotopic (exact) mass is 339 g/mol. The zero-order valence-corrected chi connectivity index (χ0v) is 13.0. The van der Waals surface area contributed by atoms with Crippen molar-refractivity contribution >= 4 is 12.2 Å². The summed E-state index contributed by atoms with van der Waals surface area (Å²) >= 11 is 4.99. The molecular formula is C15H15F2N3O2S. The van der Waals surface area contributed by atoms with E-state index in [0.717, 1.165) is 5.69 Å². The summed E-state index contributed by atoms with van der Waals surface area (Å²) in [6.45, 7) is -1.24. The molecule has 0 aliphatic carbocycles. The molecule has 0 saturated heterocycles. The van der Waals surface area contributed by atoms with E-state index in [0.29, 0.717) is 37.2 Å². The summed E-state index contributed by atoms with van der Waals surface area (Å²) in [6.07, 6.45) is 0.578. The van der Waals surface area contributed by atoms with Gasteiger partial charge in [-0.05, 0) is 24.7 Å². The van der Waals surface area contributed by atoms with Crippen LogP contribution >= 0.6 is 12.2 Å². The quantitative estimate of drug-likeness (QED) is 0.841. The summed E-state index contributed by atoms with van der Waals surface area (Å²) in [7, 11) is 0. The largest absolute Gasteiger partial charge is 0.434 e. The number of para-hydroxylation sites is 1. The Bertz CT molecular complexity index is 819. The van der Waals surface area contributed by atoms with Gasteiger partial charge in [-0.1, -0.05) is 18.2 Å². The van der Waals surface area contributed by atoms with Gasteiger partial charge < -0.3 is 9.72 Å². The number of nitrogens with zero attached hydrogens (tertiary/aromatic N) is 1. The summed E-state index contributed by atoms with van der Waals surface area (Å²) < 4.78 is 29.8. The van der Waals surface area contributed by atoms with Crippen molar-refractivity contribution < 1.29 is 13.5 Å². The zero-order valence-electron chi connectivity index (χ0n) is 12.1. The maximum absolute atomic E-state index is 12.5. The van der Waals surface area contributed by atoms with Crippen molar-refractivity contribution in [2.24, 2.45) is 0 Å². The molecule has 0 unspecified atom stereocenters. The van der Waals surface area contributed by atoms with Crippen LogP contribution < -0.4 is 10.3 Å². The van der Waals surface area contributed by atoms with Crippen molar-refractivity contribution in [1.82, 2.24) is 14.9 Å². The molecule has 2 aromatic rings. The second-order valence-electron chi connectivity index (χ2n) is 5.31. The summed E-state index contributed by atoms with van der Waals surface area (Å²) in [5.74, 6) is 0.173. The maximum atomic E-state index is 12.5. The fourth-order valence-corrected chi connectivity index (χ4v) is 2.97. The summed E-state index contributed by atoms with van der Waals surface area (Å²) in [6, 6.07) is 6.72. The second-order valence-corrected chi connectivity index (χ2v) is 5.72. The van der Waals surface area contributed by atoms with Gasteiger partial charge in [0.05, 0.1) is 0 Å². The fraction of sp³-hybridized carbons (Fsp3) is 0.333. The van der Waals surface area contributed by atoms with Gasteiger partial charge in [0.25, 0.3) is 5.56 Å². The number of hydrogen-bond acceptors (Lipinski definition) is 4. The van der Waals surface area contributed by atoms with E-state index in [1.54, 1.807) is 18.2 Å². The highest BCUT2D eigenvalue weighted by atomic mass is 32.1. The van der Waals surface area contributed by atoms with Crippen molar-refractivity contribution in [2.45, 2.75) is 26.1 Å². The Kier molecular flexibility index (Phi) is 4.53. The third kappa shape index (κ3) is 3.65. The molecule has 1 aromatic heterocycles. The van der Waals surface area contributed by atoms with Gasteiger partial charge in [0, 0.05) is 36.5 Å². The summed E-state index contributed by atoms with van der Waals surface area (Å²) in [5.41, 5.74) is 1.99. The third-order valence-electron chi connectivity index (χ3n) is 3.77. The van der Waals surface area contributed by atoms with Gasteiger partial charge in [-0.25, -0.2) is 0 Å². The minimum atomic E-state index is -2.85. The van der Waals surface area contributed by atoms with Crippen molar-refractivity contribution in [3.63, 3.8) is 0 Å². The first kappa shape index (κ1) is 15.8. The SMILES string of the molecule is O=c1[nH]c(=S)[nH]c2c1CCN(Cc1ccccc1OC(F)F)C2. The predicted molar refractivity (Wildman–Crippen MR) is 83.1 cm³/mol. The molecule has 2 N–H and O–H groups in total. The molecule has 8 heteroatoms. The van der Waals surface area contributed by atoms with E-state index in [1.807, 2.05) is 0 Å². The highest BCUT2D eigenvalue weighted by Crippen LogP contribution is 2.24. The van der Waals surface area contributed by atoms with Crippen molar-refractivity contribution in [3.05, 3.63) is 56.2 Å². The molecule has 0 atom stereocenters. The Balaban J connectivity index is 1.80. The van der Waals surface area contributed by atoms with E-state index in [4.69, 9.17) is 12.2 Å². The first-order valence-corrected chi connectivity index (χ1v) is 7.53. The van der Waals surface area contributed by atoms with E-state index >= 15 is 0 Å². The number of ether oxygens (including phenoxy) is 1. The van der Waals surface area contributed by atoms with Crippen LogP contribution in [-0.4, -0.2) is 28.0 Å². The van der Waals surface area contributed by atoms with Gasteiger partial charge in [0.15, 0.2) is 4.77 Å². The molecule has 0 saturated carbocycles. The molecule has 3 rings (SSSR count). The number of rotatable bonds is 4. The normalized spacial score (nSPS) is 14.7. The van der Waals surface area contributed by atoms with Gasteiger partial charge in [0.1, 0.15) is 5.75 Å². The van der Waals surface area contributed by atoms with E-state index in [9.17, 15) is 13.6 Å². The average molecular weight is 339 g/mol. The molecule has 23 heavy (non-hydrogen) atoms. The molecule has 0 spiro atoms. The first-order valence-electron chi connectivity index (χ1n) is 7.12. The Morgan fingerprint density at radius 1 is 1.30 bits per heavy atom. The predicted octanol–water partition coefficient (Wildman–Crippen LogP) is 2.59. The number of halogens is 2. The van der Waals surface area contributed by atoms with E-state index in [1.165, 1.54) is 6.07 Å². The van der Waals surface area contributed by atoms with Gasteiger partial charge in [-0.15, -0.1) is 0 Å². The lowest BCUT2D eigenvalue weighted by atomic mass is 10.1. The smallest absolute Gasteiger partial charge is 0.387 e. The molecule has 122 valence electrons. The Morgan fingerprint density at radius 3 is 2.87 bits per heavy atom. The minimum Gasteiger partial charge on any atom is -0.434 e. The molecular weight excluding hydrogens is 324 g/mol. The van der Waals surface area contributed by atoms with Crippen LogP contribution in [0.15, 0.2) is 29.1 Å². The Morgan fingerprint density at radius 2 is 2.09 bits per heavy atom. The molecule has 2 heterocycles. The molecule has 0 amide bonds. The lowest BCUT2D eigenvalue weighted by Crippen LogP contribution is -2.35. The number of aromatic amines is 2. The highest BCUT2D eigenvalue weighted by Gasteiger charge is 2.21. The first-order chi connectivity index (χ1) is 11.0. The van der Waals surface area contributed by atoms with E-state index < -0.39 is 6.61 Å². The number of aromatic nitrogens is 2.